The number of thiophene rings is 1. The molecule has 3 heterocycles. The van der Waals surface area contributed by atoms with Gasteiger partial charge in [-0.25, -0.2) is 9.78 Å². The van der Waals surface area contributed by atoms with Crippen LogP contribution in [-0.2, 0) is 24.2 Å². The van der Waals surface area contributed by atoms with Crippen LogP contribution in [0.1, 0.15) is 45.1 Å². The van der Waals surface area contributed by atoms with Gasteiger partial charge in [0.15, 0.2) is 4.96 Å². The molecule has 3 aromatic heterocycles. The summed E-state index contributed by atoms with van der Waals surface area (Å²) in [4.78, 5) is 32.1. The molecule has 0 saturated heterocycles. The summed E-state index contributed by atoms with van der Waals surface area (Å²) in [6.45, 7) is 0.00137. The average Bonchev–Trinajstić information content (AvgIpc) is 3.20. The van der Waals surface area contributed by atoms with Crippen molar-refractivity contribution in [1.29, 1.82) is 0 Å². The lowest BCUT2D eigenvalue weighted by atomic mass is 10.1. The monoisotopic (exact) mass is 410 g/mol. The smallest absolute Gasteiger partial charge is 0.348 e. The van der Waals surface area contributed by atoms with E-state index in [1.54, 1.807) is 15.7 Å². The van der Waals surface area contributed by atoms with Gasteiger partial charge in [-0.15, -0.1) is 11.3 Å². The molecule has 28 heavy (non-hydrogen) atoms. The molecule has 1 aromatic carbocycles. The lowest BCUT2D eigenvalue weighted by Crippen LogP contribution is -2.15. The maximum absolute atomic E-state index is 12.5. The van der Waals surface area contributed by atoms with E-state index >= 15 is 0 Å². The average molecular weight is 411 g/mol. The quantitative estimate of drug-likeness (QED) is 0.366. The van der Waals surface area contributed by atoms with Gasteiger partial charge in [-0.1, -0.05) is 29.9 Å². The van der Waals surface area contributed by atoms with Gasteiger partial charge in [0.05, 0.1) is 15.9 Å². The molecule has 0 atom stereocenters. The van der Waals surface area contributed by atoms with Gasteiger partial charge in [-0.2, -0.15) is 0 Å². The summed E-state index contributed by atoms with van der Waals surface area (Å²) in [5.41, 5.74) is 2.46. The van der Waals surface area contributed by atoms with Crippen molar-refractivity contribution in [1.82, 2.24) is 9.38 Å². The minimum absolute atomic E-state index is 0.00137. The lowest BCUT2D eigenvalue weighted by Gasteiger charge is -2.03. The van der Waals surface area contributed by atoms with Crippen LogP contribution in [0.5, 0.6) is 0 Å². The number of para-hydroxylation sites is 1. The third-order valence-corrected chi connectivity index (χ3v) is 7.29. The first-order chi connectivity index (χ1) is 13.7. The Morgan fingerprint density at radius 2 is 1.96 bits per heavy atom. The van der Waals surface area contributed by atoms with Crippen LogP contribution in [0, 0.1) is 0 Å². The highest BCUT2D eigenvalue weighted by molar-refractivity contribution is 7.23. The summed E-state index contributed by atoms with van der Waals surface area (Å²) < 4.78 is 8.07. The minimum Gasteiger partial charge on any atom is -0.455 e. The molecule has 0 spiro atoms. The molecule has 0 fully saturated rings. The molecule has 1 aliphatic rings. The van der Waals surface area contributed by atoms with Crippen LogP contribution < -0.4 is 5.56 Å². The first-order valence-corrected chi connectivity index (χ1v) is 11.0. The minimum atomic E-state index is -0.337. The molecule has 0 amide bonds. The van der Waals surface area contributed by atoms with E-state index in [1.807, 2.05) is 30.3 Å². The lowest BCUT2D eigenvalue weighted by molar-refractivity contribution is 0.0473. The predicted molar refractivity (Wildman–Crippen MR) is 112 cm³/mol. The fraction of sp³-hybridized carbons (Fsp3) is 0.286. The third kappa shape index (κ3) is 3.14. The number of fused-ring (bicyclic) bond motifs is 4. The molecular formula is C21H18N2O3S2. The number of benzene rings is 1. The van der Waals surface area contributed by atoms with Crippen molar-refractivity contribution < 1.29 is 9.53 Å². The van der Waals surface area contributed by atoms with E-state index in [0.717, 1.165) is 23.1 Å². The molecule has 1 aliphatic carbocycles. The van der Waals surface area contributed by atoms with E-state index in [4.69, 9.17) is 4.74 Å². The Morgan fingerprint density at radius 3 is 2.89 bits per heavy atom. The van der Waals surface area contributed by atoms with Gasteiger partial charge in [-0.05, 0) is 49.4 Å². The van der Waals surface area contributed by atoms with Gasteiger partial charge in [0, 0.05) is 10.9 Å². The number of nitrogens with zero attached hydrogens (tertiary/aromatic N) is 2. The highest BCUT2D eigenvalue weighted by atomic mass is 32.1. The maximum atomic E-state index is 12.5. The number of hydrogen-bond donors (Lipinski definition) is 0. The first kappa shape index (κ1) is 17.6. The Hall–Kier alpha value is -2.51. The zero-order valence-electron chi connectivity index (χ0n) is 15.1. The molecule has 0 saturated carbocycles. The Bertz CT molecular complexity index is 1230. The molecule has 0 aliphatic heterocycles. The number of rotatable bonds is 3. The zero-order valence-corrected chi connectivity index (χ0v) is 16.8. The molecule has 4 aromatic rings. The van der Waals surface area contributed by atoms with Crippen molar-refractivity contribution in [2.75, 3.05) is 0 Å². The molecule has 0 radical (unpaired) electrons. The van der Waals surface area contributed by atoms with E-state index in [1.165, 1.54) is 47.1 Å². The highest BCUT2D eigenvalue weighted by Crippen LogP contribution is 2.29. The Labute approximate surface area is 169 Å². The summed E-state index contributed by atoms with van der Waals surface area (Å²) in [7, 11) is 0. The van der Waals surface area contributed by atoms with Crippen molar-refractivity contribution >= 4 is 43.8 Å². The standard InChI is InChI=1S/C21H18N2O3S2/c24-19-11-14(22-21-23(19)15-7-4-5-9-17(15)28-21)12-26-20(25)18-10-13-6-2-1-3-8-16(13)27-18/h4-5,7,9-11H,1-3,6,8,12H2. The highest BCUT2D eigenvalue weighted by Gasteiger charge is 2.18. The number of hydrogen-bond acceptors (Lipinski definition) is 6. The van der Waals surface area contributed by atoms with Crippen molar-refractivity contribution in [3.63, 3.8) is 0 Å². The number of thiazole rings is 1. The fourth-order valence-corrected chi connectivity index (χ4v) is 5.87. The number of aryl methyl sites for hydroxylation is 2. The molecule has 0 N–H and O–H groups in total. The van der Waals surface area contributed by atoms with Crippen LogP contribution in [0.15, 0.2) is 41.2 Å². The number of esters is 1. The normalized spacial score (nSPS) is 14.1. The topological polar surface area (TPSA) is 60.7 Å². The molecular weight excluding hydrogens is 392 g/mol. The Morgan fingerprint density at radius 1 is 1.11 bits per heavy atom. The summed E-state index contributed by atoms with van der Waals surface area (Å²) in [5.74, 6) is -0.337. The molecule has 7 heteroatoms. The summed E-state index contributed by atoms with van der Waals surface area (Å²) in [6, 6.07) is 11.1. The summed E-state index contributed by atoms with van der Waals surface area (Å²) >= 11 is 3.00. The van der Waals surface area contributed by atoms with E-state index < -0.39 is 0 Å². The van der Waals surface area contributed by atoms with Crippen LogP contribution in [0.4, 0.5) is 0 Å². The molecule has 0 bridgehead atoms. The summed E-state index contributed by atoms with van der Waals surface area (Å²) in [6.07, 6.45) is 5.71. The molecule has 0 unspecified atom stereocenters. The second-order valence-electron chi connectivity index (χ2n) is 6.97. The van der Waals surface area contributed by atoms with Crippen molar-refractivity contribution in [2.24, 2.45) is 0 Å². The fourth-order valence-electron chi connectivity index (χ4n) is 3.68. The number of carbonyl (C=O) groups excluding carboxylic acids is 1. The Kier molecular flexibility index (Phi) is 4.49. The maximum Gasteiger partial charge on any atom is 0.348 e. The number of carbonyl (C=O) groups is 1. The molecule has 5 rings (SSSR count). The third-order valence-electron chi connectivity index (χ3n) is 5.05. The second-order valence-corrected chi connectivity index (χ2v) is 9.12. The van der Waals surface area contributed by atoms with Gasteiger partial charge >= 0.3 is 5.97 Å². The van der Waals surface area contributed by atoms with Crippen LogP contribution in [-0.4, -0.2) is 15.4 Å². The van der Waals surface area contributed by atoms with Gasteiger partial charge in [0.2, 0.25) is 0 Å². The van der Waals surface area contributed by atoms with Crippen LogP contribution >= 0.6 is 22.7 Å². The number of ether oxygens (including phenoxy) is 1. The van der Waals surface area contributed by atoms with Crippen molar-refractivity contribution in [2.45, 2.75) is 38.7 Å². The second kappa shape index (κ2) is 7.14. The van der Waals surface area contributed by atoms with Gasteiger partial charge in [0.25, 0.3) is 5.56 Å². The summed E-state index contributed by atoms with van der Waals surface area (Å²) in [5, 5.41) is 0. The largest absolute Gasteiger partial charge is 0.455 e. The number of aromatic nitrogens is 2. The van der Waals surface area contributed by atoms with Crippen LogP contribution in [0.2, 0.25) is 0 Å². The van der Waals surface area contributed by atoms with Gasteiger partial charge in [0.1, 0.15) is 11.5 Å². The Balaban J connectivity index is 1.38. The first-order valence-electron chi connectivity index (χ1n) is 9.38. The van der Waals surface area contributed by atoms with Gasteiger partial charge in [-0.3, -0.25) is 9.20 Å². The van der Waals surface area contributed by atoms with E-state index in [0.29, 0.717) is 15.5 Å². The van der Waals surface area contributed by atoms with Crippen molar-refractivity contribution in [3.8, 4) is 0 Å². The van der Waals surface area contributed by atoms with Crippen LogP contribution in [0.25, 0.3) is 15.2 Å². The van der Waals surface area contributed by atoms with E-state index in [2.05, 4.69) is 4.98 Å². The predicted octanol–water partition coefficient (Wildman–Crippen LogP) is 4.60. The van der Waals surface area contributed by atoms with Crippen LogP contribution in [0.3, 0.4) is 0 Å². The van der Waals surface area contributed by atoms with Crippen molar-refractivity contribution in [3.05, 3.63) is 67.8 Å². The molecule has 5 nitrogen and oxygen atoms in total. The van der Waals surface area contributed by atoms with Gasteiger partial charge < -0.3 is 4.74 Å². The SMILES string of the molecule is O=C(OCc1cc(=O)n2c(n1)sc1ccccc12)c1cc2c(s1)CCCCC2. The van der Waals surface area contributed by atoms with E-state index in [-0.39, 0.29) is 18.1 Å². The molecule has 142 valence electrons. The van der Waals surface area contributed by atoms with E-state index in [9.17, 15) is 9.59 Å². The zero-order chi connectivity index (χ0) is 19.1.